The Morgan fingerprint density at radius 1 is 1.40 bits per heavy atom. The average molecular weight is 310 g/mol. The molecule has 0 unspecified atom stereocenters. The molecule has 2 aliphatic rings. The van der Waals surface area contributed by atoms with E-state index in [0.717, 1.165) is 6.42 Å². The molecule has 3 heterocycles. The van der Waals surface area contributed by atoms with Crippen LogP contribution in [-0.2, 0) is 4.79 Å². The Hall–Kier alpha value is -0.520. The molecular weight excluding hydrogens is 288 g/mol. The fourth-order valence-electron chi connectivity index (χ4n) is 3.24. The standard InChI is InChI=1S/C15H22N2OS2/c1-17-14(18)7-6-12(15(17)13-5-3-9-20-13)16-11-4-2-8-19-10-11/h3,5,9,11-12,15-16H,2,4,6-8,10H2,1H3/t11-,12+,15+/m1/s1. The van der Waals surface area contributed by atoms with E-state index in [4.69, 9.17) is 0 Å². The summed E-state index contributed by atoms with van der Waals surface area (Å²) in [6, 6.07) is 5.47. The fraction of sp³-hybridized carbons (Fsp3) is 0.667. The van der Waals surface area contributed by atoms with E-state index in [1.165, 1.54) is 29.2 Å². The molecule has 110 valence electrons. The van der Waals surface area contributed by atoms with Gasteiger partial charge in [0.1, 0.15) is 0 Å². The molecule has 2 fully saturated rings. The third kappa shape index (κ3) is 3.05. The van der Waals surface area contributed by atoms with Crippen LogP contribution in [0.1, 0.15) is 36.6 Å². The smallest absolute Gasteiger partial charge is 0.222 e. The molecule has 1 aromatic rings. The number of thiophene rings is 1. The minimum Gasteiger partial charge on any atom is -0.336 e. The molecule has 0 aromatic carbocycles. The first-order valence-electron chi connectivity index (χ1n) is 7.38. The third-order valence-electron chi connectivity index (χ3n) is 4.31. The first-order valence-corrected chi connectivity index (χ1v) is 9.42. The number of nitrogens with one attached hydrogen (secondary N) is 1. The maximum atomic E-state index is 12.0. The largest absolute Gasteiger partial charge is 0.336 e. The zero-order valence-electron chi connectivity index (χ0n) is 11.9. The summed E-state index contributed by atoms with van der Waals surface area (Å²) in [7, 11) is 1.95. The summed E-state index contributed by atoms with van der Waals surface area (Å²) in [4.78, 5) is 15.3. The summed E-state index contributed by atoms with van der Waals surface area (Å²) in [5.74, 6) is 2.79. The Morgan fingerprint density at radius 2 is 2.30 bits per heavy atom. The molecule has 0 spiro atoms. The Labute approximate surface area is 129 Å². The van der Waals surface area contributed by atoms with Crippen molar-refractivity contribution in [1.82, 2.24) is 10.2 Å². The number of likely N-dealkylation sites (tertiary alicyclic amines) is 1. The molecule has 0 bridgehead atoms. The van der Waals surface area contributed by atoms with Crippen LogP contribution in [0.15, 0.2) is 17.5 Å². The molecule has 5 heteroatoms. The van der Waals surface area contributed by atoms with E-state index in [1.807, 2.05) is 11.9 Å². The molecule has 1 aromatic heterocycles. The van der Waals surface area contributed by atoms with Crippen LogP contribution in [0.25, 0.3) is 0 Å². The van der Waals surface area contributed by atoms with Gasteiger partial charge in [-0.3, -0.25) is 4.79 Å². The van der Waals surface area contributed by atoms with Crippen LogP contribution >= 0.6 is 23.1 Å². The summed E-state index contributed by atoms with van der Waals surface area (Å²) in [6.07, 6.45) is 4.23. The minimum atomic E-state index is 0.211. The molecule has 3 rings (SSSR count). The Morgan fingerprint density at radius 3 is 3.00 bits per heavy atom. The number of likely N-dealkylation sites (N-methyl/N-ethyl adjacent to an activating group) is 1. The zero-order valence-corrected chi connectivity index (χ0v) is 13.5. The van der Waals surface area contributed by atoms with E-state index >= 15 is 0 Å². The lowest BCUT2D eigenvalue weighted by Gasteiger charge is -2.41. The molecule has 20 heavy (non-hydrogen) atoms. The quantitative estimate of drug-likeness (QED) is 0.932. The number of carbonyl (C=O) groups is 1. The predicted molar refractivity (Wildman–Crippen MR) is 86.3 cm³/mol. The highest BCUT2D eigenvalue weighted by atomic mass is 32.2. The van der Waals surface area contributed by atoms with Gasteiger partial charge < -0.3 is 10.2 Å². The summed E-state index contributed by atoms with van der Waals surface area (Å²) in [6.45, 7) is 0. The van der Waals surface area contributed by atoms with Crippen LogP contribution < -0.4 is 5.32 Å². The highest BCUT2D eigenvalue weighted by molar-refractivity contribution is 7.99. The third-order valence-corrected chi connectivity index (χ3v) is 6.46. The lowest BCUT2D eigenvalue weighted by atomic mass is 9.93. The summed E-state index contributed by atoms with van der Waals surface area (Å²) < 4.78 is 0. The average Bonchev–Trinajstić information content (AvgIpc) is 2.98. The van der Waals surface area contributed by atoms with Crippen LogP contribution in [0.5, 0.6) is 0 Å². The van der Waals surface area contributed by atoms with Crippen molar-refractivity contribution in [3.05, 3.63) is 22.4 Å². The molecule has 2 aliphatic heterocycles. The van der Waals surface area contributed by atoms with Crippen molar-refractivity contribution < 1.29 is 4.79 Å². The molecule has 3 nitrogen and oxygen atoms in total. The molecular formula is C15H22N2OS2. The number of nitrogens with zero attached hydrogens (tertiary/aromatic N) is 1. The SMILES string of the molecule is CN1C(=O)CC[C@H](N[C@@H]2CCCSC2)[C@H]1c1cccs1. The van der Waals surface area contributed by atoms with Crippen molar-refractivity contribution in [2.24, 2.45) is 0 Å². The van der Waals surface area contributed by atoms with Gasteiger partial charge in [0.05, 0.1) is 6.04 Å². The summed E-state index contributed by atoms with van der Waals surface area (Å²) >= 11 is 3.81. The predicted octanol–water partition coefficient (Wildman–Crippen LogP) is 2.90. The number of hydrogen-bond donors (Lipinski definition) is 1. The van der Waals surface area contributed by atoms with E-state index in [2.05, 4.69) is 34.6 Å². The number of carbonyl (C=O) groups excluding carboxylic acids is 1. The maximum absolute atomic E-state index is 12.0. The van der Waals surface area contributed by atoms with Gasteiger partial charge in [-0.1, -0.05) is 6.07 Å². The number of hydrogen-bond acceptors (Lipinski definition) is 4. The summed E-state index contributed by atoms with van der Waals surface area (Å²) in [5, 5.41) is 5.95. The molecule has 3 atom stereocenters. The van der Waals surface area contributed by atoms with Crippen molar-refractivity contribution in [1.29, 1.82) is 0 Å². The number of rotatable bonds is 3. The van der Waals surface area contributed by atoms with Crippen molar-refractivity contribution in [2.45, 2.75) is 43.8 Å². The van der Waals surface area contributed by atoms with Crippen LogP contribution in [0.3, 0.4) is 0 Å². The molecule has 1 amide bonds. The van der Waals surface area contributed by atoms with Crippen molar-refractivity contribution in [3.63, 3.8) is 0 Å². The van der Waals surface area contributed by atoms with Gasteiger partial charge in [-0.2, -0.15) is 11.8 Å². The van der Waals surface area contributed by atoms with E-state index in [1.54, 1.807) is 11.3 Å². The first-order chi connectivity index (χ1) is 9.75. The fourth-order valence-corrected chi connectivity index (χ4v) is 5.25. The summed E-state index contributed by atoms with van der Waals surface area (Å²) in [5.41, 5.74) is 0. The van der Waals surface area contributed by atoms with E-state index < -0.39 is 0 Å². The Kier molecular flexibility index (Phi) is 4.68. The topological polar surface area (TPSA) is 32.3 Å². The minimum absolute atomic E-state index is 0.211. The van der Waals surface area contributed by atoms with Crippen molar-refractivity contribution in [2.75, 3.05) is 18.6 Å². The van der Waals surface area contributed by atoms with Gasteiger partial charge in [-0.05, 0) is 36.5 Å². The van der Waals surface area contributed by atoms with E-state index in [9.17, 15) is 4.79 Å². The second kappa shape index (κ2) is 6.50. The van der Waals surface area contributed by atoms with Crippen molar-refractivity contribution >= 4 is 29.0 Å². The molecule has 2 saturated heterocycles. The van der Waals surface area contributed by atoms with Crippen LogP contribution in [0.4, 0.5) is 0 Å². The number of thioether (sulfide) groups is 1. The monoisotopic (exact) mass is 310 g/mol. The van der Waals surface area contributed by atoms with Gasteiger partial charge in [0.25, 0.3) is 0 Å². The highest BCUT2D eigenvalue weighted by Gasteiger charge is 2.36. The van der Waals surface area contributed by atoms with Gasteiger partial charge in [0.2, 0.25) is 5.91 Å². The normalized spacial score (nSPS) is 31.6. The zero-order chi connectivity index (χ0) is 13.9. The van der Waals surface area contributed by atoms with Crippen molar-refractivity contribution in [3.8, 4) is 0 Å². The van der Waals surface area contributed by atoms with Crippen LogP contribution in [-0.4, -0.2) is 41.4 Å². The molecule has 0 radical (unpaired) electrons. The molecule has 0 aliphatic carbocycles. The van der Waals surface area contributed by atoms with Gasteiger partial charge in [0.15, 0.2) is 0 Å². The molecule has 0 saturated carbocycles. The lowest BCUT2D eigenvalue weighted by molar-refractivity contribution is -0.135. The molecule has 1 N–H and O–H groups in total. The Balaban J connectivity index is 1.74. The van der Waals surface area contributed by atoms with Crippen LogP contribution in [0, 0.1) is 0 Å². The van der Waals surface area contributed by atoms with Gasteiger partial charge in [-0.15, -0.1) is 11.3 Å². The van der Waals surface area contributed by atoms with E-state index in [0.29, 0.717) is 18.5 Å². The second-order valence-corrected chi connectivity index (χ2v) is 7.82. The number of piperidine rings is 1. The first kappa shape index (κ1) is 14.4. The van der Waals surface area contributed by atoms with Gasteiger partial charge >= 0.3 is 0 Å². The maximum Gasteiger partial charge on any atom is 0.222 e. The Bertz CT molecular complexity index is 443. The lowest BCUT2D eigenvalue weighted by Crippen LogP contribution is -2.52. The second-order valence-electron chi connectivity index (χ2n) is 5.69. The highest BCUT2D eigenvalue weighted by Crippen LogP contribution is 2.34. The van der Waals surface area contributed by atoms with Crippen LogP contribution in [0.2, 0.25) is 0 Å². The van der Waals surface area contributed by atoms with E-state index in [-0.39, 0.29) is 11.9 Å². The van der Waals surface area contributed by atoms with Gasteiger partial charge in [0, 0.05) is 36.2 Å². The number of amides is 1. The van der Waals surface area contributed by atoms with Gasteiger partial charge in [-0.25, -0.2) is 0 Å².